The van der Waals surface area contributed by atoms with E-state index in [-0.39, 0.29) is 12.8 Å². The minimum atomic E-state index is -0.880. The fourth-order valence-corrected chi connectivity index (χ4v) is 1.84. The molecule has 0 aromatic heterocycles. The molecule has 0 radical (unpaired) electrons. The van der Waals surface area contributed by atoms with Crippen LogP contribution in [-0.4, -0.2) is 24.0 Å². The zero-order valence-electron chi connectivity index (χ0n) is 14.6. The van der Waals surface area contributed by atoms with Gasteiger partial charge in [0.25, 0.3) is 0 Å². The molecule has 10 nitrogen and oxygen atoms in total. The van der Waals surface area contributed by atoms with Gasteiger partial charge in [-0.05, 0) is 24.3 Å². The summed E-state index contributed by atoms with van der Waals surface area (Å²) >= 11 is 0. The van der Waals surface area contributed by atoms with E-state index in [2.05, 4.69) is 21.7 Å². The number of rotatable bonds is 5. The predicted molar refractivity (Wildman–Crippen MR) is 96.7 cm³/mol. The Morgan fingerprint density at radius 3 is 1.29 bits per heavy atom. The van der Waals surface area contributed by atoms with Gasteiger partial charge in [-0.3, -0.25) is 20.4 Å². The van der Waals surface area contributed by atoms with Crippen molar-refractivity contribution in [2.24, 2.45) is 0 Å². The Morgan fingerprint density at radius 1 is 0.571 bits per heavy atom. The fraction of sp³-hybridized carbons (Fsp3) is 0.111. The highest BCUT2D eigenvalue weighted by Gasteiger charge is 2.10. The molecular weight excluding hydrogens is 368 g/mol. The van der Waals surface area contributed by atoms with Gasteiger partial charge in [0.1, 0.15) is 11.5 Å². The summed E-state index contributed by atoms with van der Waals surface area (Å²) in [5.41, 5.74) is 8.30. The first-order valence-corrected chi connectivity index (χ1v) is 8.16. The fourth-order valence-electron chi connectivity index (χ4n) is 1.84. The number of hydrazine groups is 2. The second-order valence-electron chi connectivity index (χ2n) is 5.25. The van der Waals surface area contributed by atoms with Gasteiger partial charge in [-0.2, -0.15) is 0 Å². The molecule has 0 spiro atoms. The number of carbonyl (C=O) groups is 4. The first kappa shape index (κ1) is 20.2. The maximum atomic E-state index is 11.6. The molecule has 0 saturated heterocycles. The number of ether oxygens (including phenoxy) is 2. The molecule has 0 aliphatic rings. The third-order valence-corrected chi connectivity index (χ3v) is 3.09. The minimum Gasteiger partial charge on any atom is -0.409 e. The Labute approximate surface area is 160 Å². The molecule has 0 fully saturated rings. The normalized spacial score (nSPS) is 9.57. The van der Waals surface area contributed by atoms with Gasteiger partial charge in [-0.25, -0.2) is 20.4 Å². The predicted octanol–water partition coefficient (Wildman–Crippen LogP) is 1.41. The Morgan fingerprint density at radius 2 is 0.929 bits per heavy atom. The summed E-state index contributed by atoms with van der Waals surface area (Å²) < 4.78 is 9.80. The van der Waals surface area contributed by atoms with Crippen molar-refractivity contribution in [3.63, 3.8) is 0 Å². The van der Waals surface area contributed by atoms with Crippen LogP contribution in [0.1, 0.15) is 12.8 Å². The Balaban J connectivity index is 1.58. The molecule has 2 aromatic rings. The van der Waals surface area contributed by atoms with Crippen LogP contribution in [0.5, 0.6) is 11.5 Å². The van der Waals surface area contributed by atoms with Crippen LogP contribution in [0.15, 0.2) is 60.7 Å². The molecule has 28 heavy (non-hydrogen) atoms. The topological polar surface area (TPSA) is 135 Å². The van der Waals surface area contributed by atoms with Gasteiger partial charge in [0.15, 0.2) is 0 Å². The summed E-state index contributed by atoms with van der Waals surface area (Å²) in [7, 11) is 0. The average Bonchev–Trinajstić information content (AvgIpc) is 2.70. The molecule has 0 aliphatic carbocycles. The van der Waals surface area contributed by atoms with Crippen LogP contribution in [-0.2, 0) is 9.59 Å². The SMILES string of the molecule is O=C(CCC(=O)NNC(=O)Oc1ccccc1)NNC(=O)Oc1ccccc1. The van der Waals surface area contributed by atoms with E-state index in [0.717, 1.165) is 0 Å². The van der Waals surface area contributed by atoms with Crippen LogP contribution >= 0.6 is 0 Å². The smallest absolute Gasteiger partial charge is 0.409 e. The minimum absolute atomic E-state index is 0.229. The highest BCUT2D eigenvalue weighted by molar-refractivity contribution is 5.85. The number of para-hydroxylation sites is 2. The third kappa shape index (κ3) is 7.87. The van der Waals surface area contributed by atoms with Crippen molar-refractivity contribution in [1.29, 1.82) is 0 Å². The van der Waals surface area contributed by atoms with Crippen LogP contribution in [0.2, 0.25) is 0 Å². The lowest BCUT2D eigenvalue weighted by Gasteiger charge is -2.09. The van der Waals surface area contributed by atoms with E-state index in [9.17, 15) is 19.2 Å². The zero-order valence-corrected chi connectivity index (χ0v) is 14.6. The van der Waals surface area contributed by atoms with E-state index in [1.807, 2.05) is 0 Å². The van der Waals surface area contributed by atoms with E-state index >= 15 is 0 Å². The molecule has 0 atom stereocenters. The second kappa shape index (κ2) is 10.8. The molecule has 0 aliphatic heterocycles. The summed E-state index contributed by atoms with van der Waals surface area (Å²) in [6.45, 7) is 0. The lowest BCUT2D eigenvalue weighted by molar-refractivity contribution is -0.127. The molecule has 2 aromatic carbocycles. The number of amides is 4. The molecule has 4 N–H and O–H groups in total. The molecule has 0 heterocycles. The monoisotopic (exact) mass is 386 g/mol. The summed E-state index contributed by atoms with van der Waals surface area (Å²) in [5.74, 6) is -0.622. The molecule has 4 amide bonds. The molecule has 0 bridgehead atoms. The van der Waals surface area contributed by atoms with Gasteiger partial charge in [-0.1, -0.05) is 36.4 Å². The standard InChI is InChI=1S/C18H18N4O6/c23-15(19-21-17(25)27-13-7-3-1-4-8-13)11-12-16(24)20-22-18(26)28-14-9-5-2-6-10-14/h1-10H,11-12H2,(H,19,23)(H,20,24)(H,21,25)(H,22,26). The van der Waals surface area contributed by atoms with Crippen LogP contribution in [0, 0.1) is 0 Å². The number of hydrogen-bond donors (Lipinski definition) is 4. The van der Waals surface area contributed by atoms with Crippen LogP contribution in [0.25, 0.3) is 0 Å². The Kier molecular flexibility index (Phi) is 7.81. The maximum Gasteiger partial charge on any atom is 0.431 e. The van der Waals surface area contributed by atoms with Crippen molar-refractivity contribution in [2.45, 2.75) is 12.8 Å². The quantitative estimate of drug-likeness (QED) is 0.574. The second-order valence-corrected chi connectivity index (χ2v) is 5.25. The number of benzene rings is 2. The van der Waals surface area contributed by atoms with Gasteiger partial charge < -0.3 is 9.47 Å². The summed E-state index contributed by atoms with van der Waals surface area (Å²) in [6, 6.07) is 16.5. The molecular formula is C18H18N4O6. The van der Waals surface area contributed by atoms with Crippen molar-refractivity contribution in [3.05, 3.63) is 60.7 Å². The van der Waals surface area contributed by atoms with Crippen molar-refractivity contribution in [3.8, 4) is 11.5 Å². The highest BCUT2D eigenvalue weighted by Crippen LogP contribution is 2.08. The Bertz CT molecular complexity index is 744. The summed E-state index contributed by atoms with van der Waals surface area (Å²) in [4.78, 5) is 46.2. The van der Waals surface area contributed by atoms with Crippen LogP contribution in [0.4, 0.5) is 9.59 Å². The van der Waals surface area contributed by atoms with Gasteiger partial charge in [0, 0.05) is 12.8 Å². The first-order chi connectivity index (χ1) is 13.5. The van der Waals surface area contributed by atoms with Gasteiger partial charge in [-0.15, -0.1) is 0 Å². The zero-order chi connectivity index (χ0) is 20.2. The molecule has 146 valence electrons. The van der Waals surface area contributed by atoms with Crippen LogP contribution in [0.3, 0.4) is 0 Å². The van der Waals surface area contributed by atoms with Crippen molar-refractivity contribution >= 4 is 24.0 Å². The first-order valence-electron chi connectivity index (χ1n) is 8.16. The summed E-state index contributed by atoms with van der Waals surface area (Å²) in [5, 5.41) is 0. The molecule has 10 heteroatoms. The third-order valence-electron chi connectivity index (χ3n) is 3.09. The number of nitrogens with one attached hydrogen (secondary N) is 4. The molecule has 0 unspecified atom stereocenters. The number of carbonyl (C=O) groups excluding carboxylic acids is 4. The van der Waals surface area contributed by atoms with E-state index in [4.69, 9.17) is 9.47 Å². The molecule has 0 saturated carbocycles. The van der Waals surface area contributed by atoms with Gasteiger partial charge in [0.2, 0.25) is 11.8 Å². The molecule has 2 rings (SSSR count). The van der Waals surface area contributed by atoms with E-state index in [1.54, 1.807) is 60.7 Å². The lowest BCUT2D eigenvalue weighted by Crippen LogP contribution is -2.45. The number of hydrogen-bond acceptors (Lipinski definition) is 6. The van der Waals surface area contributed by atoms with Crippen molar-refractivity contribution in [2.75, 3.05) is 0 Å². The van der Waals surface area contributed by atoms with E-state index in [1.165, 1.54) is 0 Å². The van der Waals surface area contributed by atoms with Gasteiger partial charge >= 0.3 is 12.2 Å². The van der Waals surface area contributed by atoms with Gasteiger partial charge in [0.05, 0.1) is 0 Å². The van der Waals surface area contributed by atoms with Crippen molar-refractivity contribution in [1.82, 2.24) is 21.7 Å². The maximum absolute atomic E-state index is 11.6. The highest BCUT2D eigenvalue weighted by atomic mass is 16.6. The van der Waals surface area contributed by atoms with E-state index < -0.39 is 24.0 Å². The van der Waals surface area contributed by atoms with E-state index in [0.29, 0.717) is 11.5 Å². The summed E-state index contributed by atoms with van der Waals surface area (Å²) in [6.07, 6.45) is -2.22. The Hall–Kier alpha value is -4.08. The van der Waals surface area contributed by atoms with Crippen LogP contribution < -0.4 is 31.2 Å². The average molecular weight is 386 g/mol. The van der Waals surface area contributed by atoms with Crippen molar-refractivity contribution < 1.29 is 28.7 Å². The largest absolute Gasteiger partial charge is 0.431 e. The lowest BCUT2D eigenvalue weighted by atomic mass is 10.3.